The van der Waals surface area contributed by atoms with Crippen LogP contribution in [0.5, 0.6) is 5.75 Å². The number of methoxy groups -OCH3 is 1. The number of esters is 2. The van der Waals surface area contributed by atoms with E-state index in [-0.39, 0.29) is 18.8 Å². The summed E-state index contributed by atoms with van der Waals surface area (Å²) >= 11 is 0. The Kier molecular flexibility index (Phi) is 6.46. The van der Waals surface area contributed by atoms with Crippen molar-refractivity contribution >= 4 is 18.0 Å². The third kappa shape index (κ3) is 4.63. The molecule has 1 aromatic carbocycles. The molecule has 5 nitrogen and oxygen atoms in total. The van der Waals surface area contributed by atoms with Crippen LogP contribution in [0, 0.1) is 6.92 Å². The van der Waals surface area contributed by atoms with Gasteiger partial charge in [-0.25, -0.2) is 9.59 Å². The topological polar surface area (TPSA) is 61.8 Å². The second-order valence-electron chi connectivity index (χ2n) is 4.24. The molecule has 1 rings (SSSR count). The van der Waals surface area contributed by atoms with E-state index in [9.17, 15) is 9.59 Å². The highest BCUT2D eigenvalue weighted by atomic mass is 16.6. The lowest BCUT2D eigenvalue weighted by molar-refractivity contribution is -0.146. The van der Waals surface area contributed by atoms with Crippen LogP contribution >= 0.6 is 0 Å². The molecule has 0 heterocycles. The predicted octanol–water partition coefficient (Wildman–Crippen LogP) is 2.51. The number of benzene rings is 1. The number of hydrogen-bond acceptors (Lipinski definition) is 5. The number of ether oxygens (including phenoxy) is 3. The van der Waals surface area contributed by atoms with Crippen molar-refractivity contribution in [1.82, 2.24) is 0 Å². The molecular formula is C16H20O5. The molecule has 0 saturated carbocycles. The minimum atomic E-state index is -0.710. The molecular weight excluding hydrogens is 272 g/mol. The number of rotatable bonds is 6. The van der Waals surface area contributed by atoms with Gasteiger partial charge in [0.25, 0.3) is 0 Å². The standard InChI is InChI=1S/C16H20O5/c1-5-20-15(17)13(16(18)21-6-2)10-12-8-7-11(3)9-14(12)19-4/h7-10H,5-6H2,1-4H3. The summed E-state index contributed by atoms with van der Waals surface area (Å²) in [6.07, 6.45) is 1.42. The van der Waals surface area contributed by atoms with E-state index in [0.29, 0.717) is 11.3 Å². The number of carbonyl (C=O) groups is 2. The van der Waals surface area contributed by atoms with E-state index in [1.165, 1.54) is 13.2 Å². The number of aryl methyl sites for hydroxylation is 1. The Labute approximate surface area is 124 Å². The van der Waals surface area contributed by atoms with Crippen LogP contribution in [0.25, 0.3) is 6.08 Å². The van der Waals surface area contributed by atoms with Crippen molar-refractivity contribution in [1.29, 1.82) is 0 Å². The van der Waals surface area contributed by atoms with Gasteiger partial charge in [0, 0.05) is 5.56 Å². The Bertz CT molecular complexity index is 526. The van der Waals surface area contributed by atoms with Crippen LogP contribution in [0.4, 0.5) is 0 Å². The summed E-state index contributed by atoms with van der Waals surface area (Å²) in [5.41, 5.74) is 1.47. The molecule has 0 aliphatic heterocycles. The van der Waals surface area contributed by atoms with Gasteiger partial charge in [-0.1, -0.05) is 12.1 Å². The van der Waals surface area contributed by atoms with Crippen LogP contribution in [-0.2, 0) is 19.1 Å². The summed E-state index contributed by atoms with van der Waals surface area (Å²) < 4.78 is 15.0. The molecule has 0 bridgehead atoms. The Morgan fingerprint density at radius 2 is 1.67 bits per heavy atom. The minimum Gasteiger partial charge on any atom is -0.496 e. The summed E-state index contributed by atoms with van der Waals surface area (Å²) in [6.45, 7) is 5.63. The molecule has 0 N–H and O–H groups in total. The van der Waals surface area contributed by atoms with Gasteiger partial charge in [-0.15, -0.1) is 0 Å². The number of hydrogen-bond donors (Lipinski definition) is 0. The van der Waals surface area contributed by atoms with Gasteiger partial charge in [-0.2, -0.15) is 0 Å². The molecule has 0 fully saturated rings. The fourth-order valence-electron chi connectivity index (χ4n) is 1.71. The molecule has 1 aromatic rings. The third-order valence-electron chi connectivity index (χ3n) is 2.68. The van der Waals surface area contributed by atoms with E-state index in [2.05, 4.69) is 0 Å². The molecule has 0 amide bonds. The summed E-state index contributed by atoms with van der Waals surface area (Å²) in [7, 11) is 1.53. The van der Waals surface area contributed by atoms with Crippen molar-refractivity contribution in [2.45, 2.75) is 20.8 Å². The van der Waals surface area contributed by atoms with Gasteiger partial charge in [0.2, 0.25) is 0 Å². The number of carbonyl (C=O) groups excluding carboxylic acids is 2. The van der Waals surface area contributed by atoms with Crippen LogP contribution < -0.4 is 4.74 Å². The predicted molar refractivity (Wildman–Crippen MR) is 79.0 cm³/mol. The molecule has 114 valence electrons. The van der Waals surface area contributed by atoms with Gasteiger partial charge < -0.3 is 14.2 Å². The third-order valence-corrected chi connectivity index (χ3v) is 2.68. The summed E-state index contributed by atoms with van der Waals surface area (Å²) in [6, 6.07) is 5.45. The van der Waals surface area contributed by atoms with Crippen LogP contribution in [0.3, 0.4) is 0 Å². The zero-order chi connectivity index (χ0) is 15.8. The van der Waals surface area contributed by atoms with Gasteiger partial charge in [0.1, 0.15) is 11.3 Å². The summed E-state index contributed by atoms with van der Waals surface area (Å²) in [4.78, 5) is 23.8. The van der Waals surface area contributed by atoms with Gasteiger partial charge in [0.15, 0.2) is 0 Å². The average Bonchev–Trinajstić information content (AvgIpc) is 2.46. The highest BCUT2D eigenvalue weighted by molar-refractivity contribution is 6.17. The zero-order valence-corrected chi connectivity index (χ0v) is 12.8. The first-order chi connectivity index (χ1) is 10.0. The largest absolute Gasteiger partial charge is 0.496 e. The van der Waals surface area contributed by atoms with Crippen molar-refractivity contribution in [3.05, 3.63) is 34.9 Å². The molecule has 0 aliphatic carbocycles. The van der Waals surface area contributed by atoms with Crippen molar-refractivity contribution in [2.24, 2.45) is 0 Å². The van der Waals surface area contributed by atoms with E-state index < -0.39 is 11.9 Å². The lowest BCUT2D eigenvalue weighted by Gasteiger charge is -2.09. The maximum absolute atomic E-state index is 11.9. The lowest BCUT2D eigenvalue weighted by Crippen LogP contribution is -2.18. The van der Waals surface area contributed by atoms with Gasteiger partial charge in [-0.3, -0.25) is 0 Å². The molecule has 0 saturated heterocycles. The first kappa shape index (κ1) is 16.8. The first-order valence-corrected chi connectivity index (χ1v) is 6.74. The second-order valence-corrected chi connectivity index (χ2v) is 4.24. The average molecular weight is 292 g/mol. The maximum Gasteiger partial charge on any atom is 0.345 e. The van der Waals surface area contributed by atoms with Crippen molar-refractivity contribution in [3.63, 3.8) is 0 Å². The Morgan fingerprint density at radius 1 is 1.10 bits per heavy atom. The van der Waals surface area contributed by atoms with Crippen molar-refractivity contribution < 1.29 is 23.8 Å². The molecule has 21 heavy (non-hydrogen) atoms. The lowest BCUT2D eigenvalue weighted by atomic mass is 10.1. The van der Waals surface area contributed by atoms with E-state index in [4.69, 9.17) is 14.2 Å². The highest BCUT2D eigenvalue weighted by Gasteiger charge is 2.21. The van der Waals surface area contributed by atoms with Crippen molar-refractivity contribution in [3.8, 4) is 5.75 Å². The maximum atomic E-state index is 11.9. The van der Waals surface area contributed by atoms with Gasteiger partial charge >= 0.3 is 11.9 Å². The molecule has 0 unspecified atom stereocenters. The first-order valence-electron chi connectivity index (χ1n) is 6.74. The van der Waals surface area contributed by atoms with Crippen molar-refractivity contribution in [2.75, 3.05) is 20.3 Å². The minimum absolute atomic E-state index is 0.152. The fraction of sp³-hybridized carbons (Fsp3) is 0.375. The molecule has 0 aromatic heterocycles. The van der Waals surface area contributed by atoms with Gasteiger partial charge in [0.05, 0.1) is 20.3 Å². The molecule has 5 heteroatoms. The summed E-state index contributed by atoms with van der Waals surface area (Å²) in [5.74, 6) is -0.849. The summed E-state index contributed by atoms with van der Waals surface area (Å²) in [5, 5.41) is 0. The Balaban J connectivity index is 3.24. The molecule has 0 radical (unpaired) electrons. The highest BCUT2D eigenvalue weighted by Crippen LogP contribution is 2.23. The van der Waals surface area contributed by atoms with Crippen LogP contribution in [-0.4, -0.2) is 32.3 Å². The van der Waals surface area contributed by atoms with E-state index in [0.717, 1.165) is 5.56 Å². The Hall–Kier alpha value is -2.30. The van der Waals surface area contributed by atoms with E-state index in [1.807, 2.05) is 19.1 Å². The second kappa shape index (κ2) is 8.09. The smallest absolute Gasteiger partial charge is 0.345 e. The molecule has 0 aliphatic rings. The Morgan fingerprint density at radius 3 is 2.14 bits per heavy atom. The molecule has 0 spiro atoms. The zero-order valence-electron chi connectivity index (χ0n) is 12.8. The SMILES string of the molecule is CCOC(=O)C(=Cc1ccc(C)cc1OC)C(=O)OCC. The normalized spacial score (nSPS) is 9.71. The monoisotopic (exact) mass is 292 g/mol. The van der Waals surface area contributed by atoms with E-state index in [1.54, 1.807) is 19.9 Å². The molecule has 0 atom stereocenters. The van der Waals surface area contributed by atoms with Crippen LogP contribution in [0.1, 0.15) is 25.0 Å². The van der Waals surface area contributed by atoms with E-state index >= 15 is 0 Å². The van der Waals surface area contributed by atoms with Crippen LogP contribution in [0.15, 0.2) is 23.8 Å². The van der Waals surface area contributed by atoms with Crippen LogP contribution in [0.2, 0.25) is 0 Å². The quantitative estimate of drug-likeness (QED) is 0.349. The fourth-order valence-corrected chi connectivity index (χ4v) is 1.71. The van der Waals surface area contributed by atoms with Gasteiger partial charge in [-0.05, 0) is 38.5 Å².